The largest absolute Gasteiger partial charge is 0.352 e. The summed E-state index contributed by atoms with van der Waals surface area (Å²) in [6.07, 6.45) is 8.20. The summed E-state index contributed by atoms with van der Waals surface area (Å²) in [5.41, 5.74) is 1.19. The average molecular weight is 299 g/mol. The summed E-state index contributed by atoms with van der Waals surface area (Å²) in [6, 6.07) is 7.63. The van der Waals surface area contributed by atoms with Crippen molar-refractivity contribution in [1.29, 1.82) is 0 Å². The van der Waals surface area contributed by atoms with E-state index in [1.807, 2.05) is 24.3 Å². The maximum absolute atomic E-state index is 12.3. The smallest absolute Gasteiger partial charge is 0.269 e. The van der Waals surface area contributed by atoms with Gasteiger partial charge in [0.1, 0.15) is 6.54 Å². The third-order valence-corrected chi connectivity index (χ3v) is 4.27. The van der Waals surface area contributed by atoms with Crippen molar-refractivity contribution >= 4 is 16.9 Å². The highest BCUT2D eigenvalue weighted by Gasteiger charge is 2.16. The van der Waals surface area contributed by atoms with Crippen molar-refractivity contribution in [1.82, 2.24) is 14.9 Å². The number of hydrogen-bond donors (Lipinski definition) is 1. The third kappa shape index (κ3) is 3.35. The van der Waals surface area contributed by atoms with E-state index in [2.05, 4.69) is 10.3 Å². The van der Waals surface area contributed by atoms with Gasteiger partial charge >= 0.3 is 0 Å². The number of carbonyl (C=O) groups excluding carboxylic acids is 1. The van der Waals surface area contributed by atoms with Crippen LogP contribution in [0.4, 0.5) is 0 Å². The highest BCUT2D eigenvalue weighted by Crippen LogP contribution is 2.17. The van der Waals surface area contributed by atoms with Gasteiger partial charge in [-0.1, -0.05) is 37.8 Å². The lowest BCUT2D eigenvalue weighted by molar-refractivity contribution is -0.122. The molecular formula is C17H21N3O2. The number of rotatable bonds is 3. The molecule has 0 bridgehead atoms. The second-order valence-corrected chi connectivity index (χ2v) is 5.93. The lowest BCUT2D eigenvalue weighted by Crippen LogP contribution is -2.38. The minimum atomic E-state index is -0.241. The topological polar surface area (TPSA) is 64.0 Å². The van der Waals surface area contributed by atoms with Crippen molar-refractivity contribution in [3.05, 3.63) is 40.8 Å². The van der Waals surface area contributed by atoms with E-state index in [1.54, 1.807) is 0 Å². The van der Waals surface area contributed by atoms with E-state index in [0.29, 0.717) is 5.52 Å². The van der Waals surface area contributed by atoms with Crippen LogP contribution in [-0.2, 0) is 11.3 Å². The Labute approximate surface area is 129 Å². The normalized spacial score (nSPS) is 16.4. The number of aromatic nitrogens is 2. The first kappa shape index (κ1) is 14.8. The summed E-state index contributed by atoms with van der Waals surface area (Å²) in [5.74, 6) is -0.0923. The molecular weight excluding hydrogens is 278 g/mol. The molecule has 0 aliphatic heterocycles. The zero-order valence-electron chi connectivity index (χ0n) is 12.6. The molecule has 1 N–H and O–H groups in total. The van der Waals surface area contributed by atoms with Crippen molar-refractivity contribution in [2.45, 2.75) is 51.1 Å². The van der Waals surface area contributed by atoms with E-state index in [9.17, 15) is 9.59 Å². The van der Waals surface area contributed by atoms with Crippen LogP contribution in [0.2, 0.25) is 0 Å². The summed E-state index contributed by atoms with van der Waals surface area (Å²) in [5, 5.41) is 3.08. The number of nitrogens with zero attached hydrogens (tertiary/aromatic N) is 2. The highest BCUT2D eigenvalue weighted by atomic mass is 16.2. The Kier molecular flexibility index (Phi) is 4.51. The molecule has 1 saturated carbocycles. The molecule has 5 heteroatoms. The lowest BCUT2D eigenvalue weighted by Gasteiger charge is -2.17. The van der Waals surface area contributed by atoms with Crippen molar-refractivity contribution in [3.63, 3.8) is 0 Å². The molecule has 22 heavy (non-hydrogen) atoms. The molecule has 5 nitrogen and oxygen atoms in total. The Morgan fingerprint density at radius 1 is 1.18 bits per heavy atom. The highest BCUT2D eigenvalue weighted by molar-refractivity contribution is 5.80. The number of amides is 1. The quantitative estimate of drug-likeness (QED) is 0.884. The fourth-order valence-corrected chi connectivity index (χ4v) is 3.12. The third-order valence-electron chi connectivity index (χ3n) is 4.27. The van der Waals surface area contributed by atoms with Crippen LogP contribution in [0.1, 0.15) is 38.5 Å². The van der Waals surface area contributed by atoms with E-state index in [4.69, 9.17) is 0 Å². The van der Waals surface area contributed by atoms with Crippen LogP contribution in [0.5, 0.6) is 0 Å². The molecule has 1 fully saturated rings. The number of benzene rings is 1. The molecule has 3 rings (SSSR count). The van der Waals surface area contributed by atoms with Gasteiger partial charge in [0.05, 0.1) is 17.2 Å². The monoisotopic (exact) mass is 299 g/mol. The maximum atomic E-state index is 12.3. The van der Waals surface area contributed by atoms with Gasteiger partial charge in [-0.05, 0) is 25.0 Å². The molecule has 116 valence electrons. The van der Waals surface area contributed by atoms with Gasteiger partial charge in [-0.3, -0.25) is 14.2 Å². The van der Waals surface area contributed by atoms with E-state index in [0.717, 1.165) is 18.4 Å². The van der Waals surface area contributed by atoms with E-state index in [1.165, 1.54) is 36.4 Å². The van der Waals surface area contributed by atoms with Crippen molar-refractivity contribution in [3.8, 4) is 0 Å². The van der Waals surface area contributed by atoms with Crippen molar-refractivity contribution < 1.29 is 4.79 Å². The summed E-state index contributed by atoms with van der Waals surface area (Å²) >= 11 is 0. The lowest BCUT2D eigenvalue weighted by atomic mass is 10.1. The average Bonchev–Trinajstić information content (AvgIpc) is 2.79. The fraction of sp³-hybridized carbons (Fsp3) is 0.471. The molecule has 1 amide bonds. The van der Waals surface area contributed by atoms with Gasteiger partial charge in [0.15, 0.2) is 0 Å². The predicted molar refractivity (Wildman–Crippen MR) is 85.6 cm³/mol. The number of hydrogen-bond acceptors (Lipinski definition) is 3. The van der Waals surface area contributed by atoms with Gasteiger partial charge in [0, 0.05) is 6.04 Å². The fourth-order valence-electron chi connectivity index (χ4n) is 3.12. The van der Waals surface area contributed by atoms with Crippen LogP contribution in [0, 0.1) is 0 Å². The molecule has 0 atom stereocenters. The first-order valence-corrected chi connectivity index (χ1v) is 7.98. The van der Waals surface area contributed by atoms with Crippen LogP contribution in [0.3, 0.4) is 0 Å². The van der Waals surface area contributed by atoms with Crippen LogP contribution < -0.4 is 10.9 Å². The molecule has 0 radical (unpaired) electrons. The molecule has 1 aromatic carbocycles. The SMILES string of the molecule is O=C(Cn1c(=O)cnc2ccccc21)NC1CCCCCC1. The number of para-hydroxylation sites is 2. The Balaban J connectivity index is 1.76. The molecule has 1 heterocycles. The second kappa shape index (κ2) is 6.73. The number of nitrogens with one attached hydrogen (secondary N) is 1. The molecule has 2 aromatic rings. The first-order chi connectivity index (χ1) is 10.7. The van der Waals surface area contributed by atoms with Gasteiger partial charge < -0.3 is 5.32 Å². The van der Waals surface area contributed by atoms with Crippen LogP contribution in [0.25, 0.3) is 11.0 Å². The zero-order chi connectivity index (χ0) is 15.4. The van der Waals surface area contributed by atoms with Crippen LogP contribution in [0.15, 0.2) is 35.3 Å². The van der Waals surface area contributed by atoms with E-state index < -0.39 is 0 Å². The number of carbonyl (C=O) groups is 1. The molecule has 1 aromatic heterocycles. The summed E-state index contributed by atoms with van der Waals surface area (Å²) in [7, 11) is 0. The predicted octanol–water partition coefficient (Wildman–Crippen LogP) is 2.24. The molecule has 0 unspecified atom stereocenters. The summed E-state index contributed by atoms with van der Waals surface area (Å²) in [6.45, 7) is 0.0539. The van der Waals surface area contributed by atoms with Crippen LogP contribution in [-0.4, -0.2) is 21.5 Å². The minimum absolute atomic E-state index is 0.0539. The number of fused-ring (bicyclic) bond motifs is 1. The zero-order valence-corrected chi connectivity index (χ0v) is 12.6. The molecule has 0 saturated heterocycles. The van der Waals surface area contributed by atoms with Crippen molar-refractivity contribution in [2.75, 3.05) is 0 Å². The standard InChI is InChI=1S/C17H21N3O2/c21-16(19-13-7-3-1-2-4-8-13)12-20-15-10-6-5-9-14(15)18-11-17(20)22/h5-6,9-11,13H,1-4,7-8,12H2,(H,19,21). The van der Waals surface area contributed by atoms with Crippen LogP contribution >= 0.6 is 0 Å². The van der Waals surface area contributed by atoms with E-state index >= 15 is 0 Å². The summed E-state index contributed by atoms with van der Waals surface area (Å²) in [4.78, 5) is 28.4. The van der Waals surface area contributed by atoms with Gasteiger partial charge in [-0.2, -0.15) is 0 Å². The van der Waals surface area contributed by atoms with Gasteiger partial charge in [0.2, 0.25) is 5.91 Å². The Morgan fingerprint density at radius 3 is 2.68 bits per heavy atom. The maximum Gasteiger partial charge on any atom is 0.269 e. The van der Waals surface area contributed by atoms with E-state index in [-0.39, 0.29) is 24.1 Å². The molecule has 0 spiro atoms. The summed E-state index contributed by atoms with van der Waals surface area (Å²) < 4.78 is 1.49. The minimum Gasteiger partial charge on any atom is -0.352 e. The molecule has 1 aliphatic rings. The Bertz CT molecular complexity index is 715. The van der Waals surface area contributed by atoms with Gasteiger partial charge in [0.25, 0.3) is 5.56 Å². The second-order valence-electron chi connectivity index (χ2n) is 5.93. The Hall–Kier alpha value is -2.17. The van der Waals surface area contributed by atoms with Crippen molar-refractivity contribution in [2.24, 2.45) is 0 Å². The van der Waals surface area contributed by atoms with Gasteiger partial charge in [-0.15, -0.1) is 0 Å². The first-order valence-electron chi connectivity index (χ1n) is 7.98. The molecule has 1 aliphatic carbocycles. The Morgan fingerprint density at radius 2 is 1.91 bits per heavy atom. The van der Waals surface area contributed by atoms with Gasteiger partial charge in [-0.25, -0.2) is 4.98 Å².